The molecule has 0 fully saturated rings. The first-order valence-electron chi connectivity index (χ1n) is 8.71. The second-order valence-corrected chi connectivity index (χ2v) is 6.40. The van der Waals surface area contributed by atoms with Gasteiger partial charge in [0.05, 0.1) is 11.0 Å². The van der Waals surface area contributed by atoms with Crippen molar-refractivity contribution in [1.29, 1.82) is 0 Å². The van der Waals surface area contributed by atoms with Crippen molar-refractivity contribution in [2.24, 2.45) is 0 Å². The third kappa shape index (κ3) is 4.00. The van der Waals surface area contributed by atoms with Crippen LogP contribution in [0.4, 0.5) is 5.69 Å². The zero-order valence-electron chi connectivity index (χ0n) is 15.5. The Morgan fingerprint density at radius 2 is 1.96 bits per heavy atom. The number of nitrogens with one attached hydrogen (secondary N) is 1. The second-order valence-electron chi connectivity index (χ2n) is 6.40. The van der Waals surface area contributed by atoms with E-state index in [4.69, 9.17) is 9.47 Å². The lowest BCUT2D eigenvalue weighted by Gasteiger charge is -2.22. The van der Waals surface area contributed by atoms with Crippen LogP contribution in [0.2, 0.25) is 0 Å². The minimum atomic E-state index is -0.140. The molecule has 0 amide bonds. The van der Waals surface area contributed by atoms with Crippen molar-refractivity contribution >= 4 is 17.8 Å². The summed E-state index contributed by atoms with van der Waals surface area (Å²) in [5, 5.41) is 5.32. The Morgan fingerprint density at radius 3 is 2.69 bits per heavy atom. The zero-order valence-corrected chi connectivity index (χ0v) is 15.5. The summed E-state index contributed by atoms with van der Waals surface area (Å²) in [6.07, 6.45) is 8.00. The molecule has 0 aliphatic heterocycles. The smallest absolute Gasteiger partial charge is 0.116 e. The normalized spacial score (nSPS) is 19.7. The molecule has 1 aromatic heterocycles. The van der Waals surface area contributed by atoms with E-state index in [1.54, 1.807) is 20.5 Å². The van der Waals surface area contributed by atoms with Gasteiger partial charge in [0.25, 0.3) is 0 Å². The fourth-order valence-corrected chi connectivity index (χ4v) is 3.10. The predicted molar refractivity (Wildman–Crippen MR) is 104 cm³/mol. The third-order valence-electron chi connectivity index (χ3n) is 4.56. The van der Waals surface area contributed by atoms with Gasteiger partial charge in [0.1, 0.15) is 18.5 Å². The number of ether oxygens (including phenoxy) is 2. The van der Waals surface area contributed by atoms with Gasteiger partial charge in [-0.25, -0.2) is 9.97 Å². The van der Waals surface area contributed by atoms with E-state index in [-0.39, 0.29) is 18.2 Å². The van der Waals surface area contributed by atoms with Gasteiger partial charge in [0.15, 0.2) is 0 Å². The lowest BCUT2D eigenvalue weighted by Crippen LogP contribution is -2.43. The molecular weight excluding hydrogens is 326 g/mol. The van der Waals surface area contributed by atoms with Crippen LogP contribution in [0.1, 0.15) is 18.2 Å². The Hall–Kier alpha value is -2.50. The molecule has 2 aromatic rings. The summed E-state index contributed by atoms with van der Waals surface area (Å²) in [5.41, 5.74) is 3.24. The quantitative estimate of drug-likeness (QED) is 0.769. The van der Waals surface area contributed by atoms with E-state index in [0.717, 1.165) is 28.4 Å². The van der Waals surface area contributed by atoms with Crippen molar-refractivity contribution in [3.63, 3.8) is 0 Å². The summed E-state index contributed by atoms with van der Waals surface area (Å²) in [5.74, 6) is 0. The number of hydrogen-bond donors (Lipinski definition) is 1. The van der Waals surface area contributed by atoms with Crippen LogP contribution >= 0.6 is 0 Å². The van der Waals surface area contributed by atoms with Gasteiger partial charge in [0, 0.05) is 37.6 Å². The second kappa shape index (κ2) is 8.25. The van der Waals surface area contributed by atoms with E-state index >= 15 is 0 Å². The Kier molecular flexibility index (Phi) is 5.81. The van der Waals surface area contributed by atoms with Crippen molar-refractivity contribution in [2.75, 3.05) is 19.5 Å². The molecule has 1 N–H and O–H groups in total. The topological polar surface area (TPSA) is 56.3 Å². The fraction of sp³-hybridized carbons (Fsp3) is 0.333. The number of benzene rings is 1. The third-order valence-corrected chi connectivity index (χ3v) is 4.56. The van der Waals surface area contributed by atoms with E-state index in [2.05, 4.69) is 59.1 Å². The zero-order chi connectivity index (χ0) is 18.5. The number of hydrogen-bond acceptors (Lipinski definition) is 5. The van der Waals surface area contributed by atoms with Gasteiger partial charge in [-0.1, -0.05) is 18.2 Å². The van der Waals surface area contributed by atoms with Gasteiger partial charge in [-0.2, -0.15) is 0 Å². The van der Waals surface area contributed by atoms with Gasteiger partial charge < -0.3 is 14.8 Å². The van der Waals surface area contributed by atoms with Gasteiger partial charge in [-0.05, 0) is 36.8 Å². The first kappa shape index (κ1) is 18.3. The average molecular weight is 351 g/mol. The van der Waals surface area contributed by atoms with Crippen LogP contribution in [0.25, 0.3) is 12.2 Å². The maximum absolute atomic E-state index is 5.55. The molecule has 1 aromatic carbocycles. The van der Waals surface area contributed by atoms with Crippen molar-refractivity contribution in [3.8, 4) is 0 Å². The molecule has 26 heavy (non-hydrogen) atoms. The Morgan fingerprint density at radius 1 is 1.19 bits per heavy atom. The SMILES string of the molecule is C=CC(C)Nc1cccc(Cc2ncnc3c2=CC(OC)C(OC)C=3)c1. The highest BCUT2D eigenvalue weighted by molar-refractivity contribution is 5.49. The molecule has 0 radical (unpaired) electrons. The van der Waals surface area contributed by atoms with Crippen molar-refractivity contribution in [1.82, 2.24) is 9.97 Å². The number of methoxy groups -OCH3 is 2. The molecule has 3 atom stereocenters. The number of nitrogens with zero attached hydrogens (tertiary/aromatic N) is 2. The van der Waals surface area contributed by atoms with Crippen molar-refractivity contribution in [3.05, 3.63) is 65.1 Å². The first-order chi connectivity index (χ1) is 12.6. The highest BCUT2D eigenvalue weighted by atomic mass is 16.5. The van der Waals surface area contributed by atoms with Crippen molar-refractivity contribution < 1.29 is 9.47 Å². The Bertz CT molecular complexity index is 894. The Labute approximate surface area is 154 Å². The van der Waals surface area contributed by atoms with Gasteiger partial charge in [-0.3, -0.25) is 0 Å². The fourth-order valence-electron chi connectivity index (χ4n) is 3.10. The van der Waals surface area contributed by atoms with Crippen LogP contribution in [0, 0.1) is 0 Å². The molecule has 1 aliphatic rings. The molecule has 0 saturated heterocycles. The van der Waals surface area contributed by atoms with E-state index in [9.17, 15) is 0 Å². The molecule has 3 unspecified atom stereocenters. The molecule has 3 rings (SSSR count). The number of aromatic nitrogens is 2. The monoisotopic (exact) mass is 351 g/mol. The highest BCUT2D eigenvalue weighted by Gasteiger charge is 2.20. The highest BCUT2D eigenvalue weighted by Crippen LogP contribution is 2.14. The van der Waals surface area contributed by atoms with Crippen LogP contribution in [0.15, 0.2) is 43.2 Å². The lowest BCUT2D eigenvalue weighted by molar-refractivity contribution is 0.0303. The molecule has 5 nitrogen and oxygen atoms in total. The average Bonchev–Trinajstić information content (AvgIpc) is 2.67. The number of rotatable bonds is 7. The number of anilines is 1. The van der Waals surface area contributed by atoms with Crippen LogP contribution in [-0.2, 0) is 15.9 Å². The van der Waals surface area contributed by atoms with Gasteiger partial charge in [-0.15, -0.1) is 6.58 Å². The largest absolute Gasteiger partial charge is 0.379 e. The van der Waals surface area contributed by atoms with E-state index in [1.807, 2.05) is 12.2 Å². The number of fused-ring (bicyclic) bond motifs is 1. The van der Waals surface area contributed by atoms with Crippen LogP contribution < -0.4 is 15.9 Å². The molecule has 1 aliphatic carbocycles. The predicted octanol–water partition coefficient (Wildman–Crippen LogP) is 1.66. The standard InChI is InChI=1S/C21H25N3O2/c1-5-14(2)24-16-8-6-7-15(9-16)10-18-17-11-20(25-3)21(26-4)12-19(17)23-13-22-18/h5-9,11-14,20-21,24H,1,10H2,2-4H3. The van der Waals surface area contributed by atoms with E-state index in [1.165, 1.54) is 5.56 Å². The minimum absolute atomic E-state index is 0.136. The van der Waals surface area contributed by atoms with Crippen molar-refractivity contribution in [2.45, 2.75) is 31.6 Å². The minimum Gasteiger partial charge on any atom is -0.379 e. The maximum atomic E-state index is 5.55. The molecule has 0 spiro atoms. The summed E-state index contributed by atoms with van der Waals surface area (Å²) >= 11 is 0. The molecular formula is C21H25N3O2. The molecule has 0 saturated carbocycles. The first-order valence-corrected chi connectivity index (χ1v) is 8.71. The summed E-state index contributed by atoms with van der Waals surface area (Å²) in [4.78, 5) is 8.92. The maximum Gasteiger partial charge on any atom is 0.116 e. The summed E-state index contributed by atoms with van der Waals surface area (Å²) in [6.45, 7) is 5.89. The molecule has 5 heteroatoms. The molecule has 0 bridgehead atoms. The van der Waals surface area contributed by atoms with E-state index in [0.29, 0.717) is 0 Å². The van der Waals surface area contributed by atoms with Crippen LogP contribution in [0.5, 0.6) is 0 Å². The van der Waals surface area contributed by atoms with Gasteiger partial charge >= 0.3 is 0 Å². The molecule has 136 valence electrons. The van der Waals surface area contributed by atoms with Crippen LogP contribution in [-0.4, -0.2) is 42.4 Å². The van der Waals surface area contributed by atoms with Crippen LogP contribution in [0.3, 0.4) is 0 Å². The summed E-state index contributed by atoms with van der Waals surface area (Å²) in [6, 6.07) is 8.58. The van der Waals surface area contributed by atoms with E-state index < -0.39 is 0 Å². The Balaban J connectivity index is 1.93. The molecule has 1 heterocycles. The summed E-state index contributed by atoms with van der Waals surface area (Å²) < 4.78 is 11.0. The lowest BCUT2D eigenvalue weighted by atomic mass is 10.0. The van der Waals surface area contributed by atoms with Gasteiger partial charge in [0.2, 0.25) is 0 Å². The summed E-state index contributed by atoms with van der Waals surface area (Å²) in [7, 11) is 3.36.